The second-order valence-corrected chi connectivity index (χ2v) is 11.5. The smallest absolute Gasteiger partial charge is 0.276 e. The molecule has 224 valence electrons. The summed E-state index contributed by atoms with van der Waals surface area (Å²) < 4.78 is 0. The van der Waals surface area contributed by atoms with Gasteiger partial charge in [-0.25, -0.2) is 5.43 Å². The minimum Gasteiger partial charge on any atom is -0.320 e. The fourth-order valence-corrected chi connectivity index (χ4v) is 4.39. The predicted molar refractivity (Wildman–Crippen MR) is 174 cm³/mol. The maximum absolute atomic E-state index is 13.6. The van der Waals surface area contributed by atoms with Gasteiger partial charge < -0.3 is 15.1 Å². The Bertz CT molecular complexity index is 849. The van der Waals surface area contributed by atoms with Crippen LogP contribution in [0.15, 0.2) is 41.5 Å². The van der Waals surface area contributed by atoms with E-state index < -0.39 is 0 Å². The molecular weight excluding hydrogens is 504 g/mol. The van der Waals surface area contributed by atoms with E-state index in [1.54, 1.807) is 11.8 Å². The monoisotopic (exact) mass is 562 g/mol. The number of nitrogens with one attached hydrogen (secondary N) is 2. The first-order valence-corrected chi connectivity index (χ1v) is 15.3. The molecule has 1 saturated heterocycles. The average Bonchev–Trinajstić information content (AvgIpc) is 2.93. The number of unbranched alkanes of at least 4 members (excludes halogenated alkanes) is 2. The predicted octanol–water partition coefficient (Wildman–Crippen LogP) is 7.42. The molecule has 1 fully saturated rings. The summed E-state index contributed by atoms with van der Waals surface area (Å²) in [5.41, 5.74) is 6.98. The Balaban J connectivity index is 0. The number of carbonyl (C=O) groups excluding carboxylic acids is 2. The van der Waals surface area contributed by atoms with Crippen LogP contribution < -0.4 is 15.6 Å². The van der Waals surface area contributed by atoms with Crippen molar-refractivity contribution in [2.75, 3.05) is 32.1 Å². The van der Waals surface area contributed by atoms with Crippen LogP contribution in [-0.2, 0) is 9.59 Å². The Kier molecular flexibility index (Phi) is 22.7. The molecule has 1 atom stereocenters. The fraction of sp³-hybridized carbons (Fsp3) is 0.625. The van der Waals surface area contributed by atoms with Crippen LogP contribution >= 0.6 is 11.8 Å². The maximum Gasteiger partial charge on any atom is 0.276 e. The molecule has 6 nitrogen and oxygen atoms in total. The zero-order valence-electron chi connectivity index (χ0n) is 26.8. The molecule has 39 heavy (non-hydrogen) atoms. The van der Waals surface area contributed by atoms with E-state index in [4.69, 9.17) is 4.79 Å². The zero-order chi connectivity index (χ0) is 30.4. The van der Waals surface area contributed by atoms with E-state index in [2.05, 4.69) is 89.7 Å². The van der Waals surface area contributed by atoms with Gasteiger partial charge >= 0.3 is 0 Å². The van der Waals surface area contributed by atoms with Gasteiger partial charge in [-0.3, -0.25) is 9.69 Å². The maximum atomic E-state index is 13.6. The minimum atomic E-state index is -0.318. The number of rotatable bonds is 10. The van der Waals surface area contributed by atoms with Crippen molar-refractivity contribution in [3.8, 4) is 0 Å². The number of hydrogen-bond acceptors (Lipinski definition) is 6. The summed E-state index contributed by atoms with van der Waals surface area (Å²) in [7, 11) is 3.86. The van der Waals surface area contributed by atoms with Gasteiger partial charge in [-0.05, 0) is 83.7 Å². The van der Waals surface area contributed by atoms with Crippen LogP contribution in [0.1, 0.15) is 91.7 Å². The number of benzene rings is 1. The molecule has 1 aromatic rings. The molecule has 1 amide bonds. The summed E-state index contributed by atoms with van der Waals surface area (Å²) in [5, 5.41) is 7.58. The minimum absolute atomic E-state index is 0.0533. The van der Waals surface area contributed by atoms with Gasteiger partial charge in [0.2, 0.25) is 0 Å². The SMILES string of the molecule is C/C=C\SC(C)C/C=C1/C(=O)N(c2cccc(C)c2C)C(C)(C)CN1NC.C=O.CCCC.CCCCNC. The molecule has 1 unspecified atom stereocenters. The molecule has 0 radical (unpaired) electrons. The van der Waals surface area contributed by atoms with Crippen LogP contribution in [0.2, 0.25) is 0 Å². The Morgan fingerprint density at radius 1 is 1.10 bits per heavy atom. The first-order valence-electron chi connectivity index (χ1n) is 14.3. The summed E-state index contributed by atoms with van der Waals surface area (Å²) in [6, 6.07) is 6.18. The Labute approximate surface area is 245 Å². The lowest BCUT2D eigenvalue weighted by molar-refractivity contribution is -0.120. The largest absolute Gasteiger partial charge is 0.320 e. The van der Waals surface area contributed by atoms with Crippen LogP contribution in [0.25, 0.3) is 0 Å². The van der Waals surface area contributed by atoms with Gasteiger partial charge in [0.05, 0.1) is 12.1 Å². The van der Waals surface area contributed by atoms with Crippen molar-refractivity contribution in [3.05, 3.63) is 52.6 Å². The number of nitrogens with zero attached hydrogens (tertiary/aromatic N) is 2. The number of allylic oxidation sites excluding steroid dienone is 2. The number of hydrogen-bond donors (Lipinski definition) is 2. The van der Waals surface area contributed by atoms with E-state index in [0.29, 0.717) is 5.25 Å². The molecule has 0 saturated carbocycles. The van der Waals surface area contributed by atoms with Crippen molar-refractivity contribution in [1.82, 2.24) is 15.8 Å². The second kappa shape index (κ2) is 22.7. The highest BCUT2D eigenvalue weighted by Crippen LogP contribution is 2.35. The van der Waals surface area contributed by atoms with Crippen molar-refractivity contribution in [2.24, 2.45) is 0 Å². The van der Waals surface area contributed by atoms with Crippen LogP contribution in [0.4, 0.5) is 5.69 Å². The summed E-state index contributed by atoms with van der Waals surface area (Å²) in [6.45, 7) is 23.1. The molecule has 2 N–H and O–H groups in total. The van der Waals surface area contributed by atoms with Crippen LogP contribution in [0.5, 0.6) is 0 Å². The van der Waals surface area contributed by atoms with E-state index in [0.717, 1.165) is 36.5 Å². The molecule has 0 aromatic heterocycles. The van der Waals surface area contributed by atoms with Gasteiger partial charge in [-0.1, -0.05) is 71.2 Å². The van der Waals surface area contributed by atoms with E-state index >= 15 is 0 Å². The van der Waals surface area contributed by atoms with E-state index in [1.807, 2.05) is 49.9 Å². The van der Waals surface area contributed by atoms with Crippen molar-refractivity contribution in [3.63, 3.8) is 0 Å². The third-order valence-electron chi connectivity index (χ3n) is 6.32. The number of anilines is 1. The normalized spacial score (nSPS) is 16.1. The zero-order valence-corrected chi connectivity index (χ0v) is 27.6. The van der Waals surface area contributed by atoms with Crippen LogP contribution in [0.3, 0.4) is 0 Å². The highest BCUT2D eigenvalue weighted by atomic mass is 32.2. The van der Waals surface area contributed by atoms with Gasteiger partial charge in [0.25, 0.3) is 5.91 Å². The fourth-order valence-electron chi connectivity index (χ4n) is 3.76. The van der Waals surface area contributed by atoms with Crippen LogP contribution in [0, 0.1) is 13.8 Å². The lowest BCUT2D eigenvalue weighted by atomic mass is 9.94. The molecule has 1 aromatic carbocycles. The van der Waals surface area contributed by atoms with Gasteiger partial charge in [0.1, 0.15) is 12.5 Å². The van der Waals surface area contributed by atoms with Crippen LogP contribution in [-0.4, -0.2) is 55.7 Å². The first kappa shape index (κ1) is 39.1. The molecule has 1 aliphatic rings. The third-order valence-corrected chi connectivity index (χ3v) is 7.41. The summed E-state index contributed by atoms with van der Waals surface area (Å²) in [4.78, 5) is 23.5. The van der Waals surface area contributed by atoms with Gasteiger partial charge in [0, 0.05) is 18.0 Å². The summed E-state index contributed by atoms with van der Waals surface area (Å²) in [6.07, 6.45) is 10.2. The van der Waals surface area contributed by atoms with Gasteiger partial charge in [-0.2, -0.15) is 0 Å². The molecule has 0 bridgehead atoms. The topological polar surface area (TPSA) is 64.7 Å². The standard InChI is InChI=1S/C22H33N3OS.C5H13N.C4H10.CH2O/c1-8-14-27-17(3)12-13-20-21(26)25(22(5,6)15-24(20)23-7)19-11-9-10-16(2)18(19)4;1-3-4-5-6-2;1-3-4-2;1-2/h8-11,13-14,17,23H,12,15H2,1-7H3;6H,3-5H2,1-2H3;3-4H2,1-2H3;1H2/b14-8-,20-13-;;;. The highest BCUT2D eigenvalue weighted by Gasteiger charge is 2.42. The lowest BCUT2D eigenvalue weighted by Crippen LogP contribution is -2.63. The summed E-state index contributed by atoms with van der Waals surface area (Å²) in [5.74, 6) is 0.0533. The van der Waals surface area contributed by atoms with Gasteiger partial charge in [-0.15, -0.1) is 11.8 Å². The van der Waals surface area contributed by atoms with Crippen molar-refractivity contribution in [1.29, 1.82) is 0 Å². The number of thioether (sulfide) groups is 1. The lowest BCUT2D eigenvalue weighted by Gasteiger charge is -2.48. The number of carbonyl (C=O) groups is 2. The van der Waals surface area contributed by atoms with E-state index in [1.165, 1.54) is 31.2 Å². The molecular formula is C32H58N4O2S. The molecule has 1 heterocycles. The molecule has 0 spiro atoms. The Morgan fingerprint density at radius 3 is 2.18 bits per heavy atom. The van der Waals surface area contributed by atoms with Crippen molar-refractivity contribution < 1.29 is 9.59 Å². The Morgan fingerprint density at radius 2 is 1.72 bits per heavy atom. The van der Waals surface area contributed by atoms with Gasteiger partial charge in [0.15, 0.2) is 0 Å². The van der Waals surface area contributed by atoms with Crippen molar-refractivity contribution >= 4 is 30.1 Å². The van der Waals surface area contributed by atoms with E-state index in [9.17, 15) is 4.79 Å². The third kappa shape index (κ3) is 14.2. The number of aryl methyl sites for hydroxylation is 1. The summed E-state index contributed by atoms with van der Waals surface area (Å²) >= 11 is 1.79. The highest BCUT2D eigenvalue weighted by molar-refractivity contribution is 8.02. The quantitative estimate of drug-likeness (QED) is 0.228. The molecule has 7 heteroatoms. The van der Waals surface area contributed by atoms with Crippen molar-refractivity contribution in [2.45, 2.75) is 105 Å². The van der Waals surface area contributed by atoms with E-state index in [-0.39, 0.29) is 11.4 Å². The Hall–Kier alpha value is -2.09. The molecule has 0 aliphatic carbocycles. The number of piperazine rings is 1. The number of hydrazine groups is 1. The molecule has 2 rings (SSSR count). The average molecular weight is 563 g/mol. The second-order valence-electron chi connectivity index (χ2n) is 10.2. The first-order chi connectivity index (χ1) is 18.6. The number of amides is 1. The molecule has 1 aliphatic heterocycles.